The maximum Gasteiger partial charge on any atom is 0.255 e. The van der Waals surface area contributed by atoms with Gasteiger partial charge in [-0.3, -0.25) is 9.69 Å². The molecule has 1 amide bonds. The van der Waals surface area contributed by atoms with E-state index >= 15 is 0 Å². The first kappa shape index (κ1) is 19.2. The number of likely N-dealkylation sites (tertiary alicyclic amines) is 1. The fraction of sp³-hybridized carbons (Fsp3) is 0.455. The zero-order valence-electron chi connectivity index (χ0n) is 16.3. The van der Waals surface area contributed by atoms with Crippen molar-refractivity contribution in [3.8, 4) is 0 Å². The van der Waals surface area contributed by atoms with Crippen molar-refractivity contribution >= 4 is 28.2 Å². The van der Waals surface area contributed by atoms with Crippen molar-refractivity contribution in [1.82, 2.24) is 15.2 Å². The van der Waals surface area contributed by atoms with Gasteiger partial charge in [0.1, 0.15) is 11.3 Å². The highest BCUT2D eigenvalue weighted by atomic mass is 32.1. The molecule has 0 atom stereocenters. The first-order valence-corrected chi connectivity index (χ1v) is 11.1. The van der Waals surface area contributed by atoms with E-state index in [2.05, 4.69) is 27.5 Å². The van der Waals surface area contributed by atoms with Crippen LogP contribution in [0.15, 0.2) is 39.6 Å². The van der Waals surface area contributed by atoms with Crippen LogP contribution < -0.4 is 5.32 Å². The molecule has 148 valence electrons. The summed E-state index contributed by atoms with van der Waals surface area (Å²) in [6, 6.07) is 8.06. The predicted molar refractivity (Wildman–Crippen MR) is 113 cm³/mol. The molecule has 0 bridgehead atoms. The molecule has 4 rings (SSSR count). The van der Waals surface area contributed by atoms with Crippen LogP contribution in [0.1, 0.15) is 54.4 Å². The van der Waals surface area contributed by atoms with Crippen LogP contribution in [0.4, 0.5) is 0 Å². The Hall–Kier alpha value is -2.18. The van der Waals surface area contributed by atoms with E-state index in [1.54, 1.807) is 11.3 Å². The number of rotatable bonds is 7. The number of furan rings is 1. The number of piperidine rings is 1. The summed E-state index contributed by atoms with van der Waals surface area (Å²) < 4.78 is 6.01. The first-order chi connectivity index (χ1) is 13.7. The summed E-state index contributed by atoms with van der Waals surface area (Å²) in [6.45, 7) is 5.02. The van der Waals surface area contributed by atoms with Crippen molar-refractivity contribution < 1.29 is 9.21 Å². The molecule has 1 aliphatic rings. The van der Waals surface area contributed by atoms with Crippen LogP contribution >= 0.6 is 11.3 Å². The predicted octanol–water partition coefficient (Wildman–Crippen LogP) is 4.63. The van der Waals surface area contributed by atoms with E-state index in [0.717, 1.165) is 79.7 Å². The Kier molecular flexibility index (Phi) is 6.07. The van der Waals surface area contributed by atoms with Gasteiger partial charge in [0, 0.05) is 42.9 Å². The number of thiazole rings is 1. The van der Waals surface area contributed by atoms with E-state index in [-0.39, 0.29) is 11.9 Å². The second-order valence-electron chi connectivity index (χ2n) is 7.50. The molecule has 1 aromatic carbocycles. The fourth-order valence-electron chi connectivity index (χ4n) is 3.90. The molecule has 28 heavy (non-hydrogen) atoms. The molecule has 1 N–H and O–H groups in total. The second kappa shape index (κ2) is 8.88. The number of para-hydroxylation sites is 1. The lowest BCUT2D eigenvalue weighted by Crippen LogP contribution is -2.44. The largest absolute Gasteiger partial charge is 0.460 e. The van der Waals surface area contributed by atoms with E-state index in [1.165, 1.54) is 0 Å². The van der Waals surface area contributed by atoms with Crippen LogP contribution in [0.5, 0.6) is 0 Å². The minimum atomic E-state index is 0.00834. The van der Waals surface area contributed by atoms with Gasteiger partial charge in [-0.2, -0.15) is 0 Å². The third kappa shape index (κ3) is 4.28. The van der Waals surface area contributed by atoms with Gasteiger partial charge in [0.15, 0.2) is 0 Å². The van der Waals surface area contributed by atoms with Crippen molar-refractivity contribution in [1.29, 1.82) is 0 Å². The van der Waals surface area contributed by atoms with Gasteiger partial charge in [0.05, 0.1) is 16.8 Å². The van der Waals surface area contributed by atoms with Gasteiger partial charge >= 0.3 is 0 Å². The average Bonchev–Trinajstić information content (AvgIpc) is 3.35. The molecule has 3 heterocycles. The number of nitrogens with zero attached hydrogens (tertiary/aromatic N) is 2. The van der Waals surface area contributed by atoms with E-state index < -0.39 is 0 Å². The van der Waals surface area contributed by atoms with E-state index in [9.17, 15) is 4.79 Å². The van der Waals surface area contributed by atoms with Crippen molar-refractivity contribution in [3.63, 3.8) is 0 Å². The van der Waals surface area contributed by atoms with E-state index in [4.69, 9.17) is 4.42 Å². The Balaban J connectivity index is 1.41. The molecule has 0 saturated carbocycles. The molecular formula is C22H27N3O2S. The maximum absolute atomic E-state index is 13.1. The molecule has 2 aromatic heterocycles. The Labute approximate surface area is 169 Å². The van der Waals surface area contributed by atoms with Crippen LogP contribution in [0.3, 0.4) is 0 Å². The van der Waals surface area contributed by atoms with Crippen molar-refractivity contribution in [3.05, 3.63) is 52.2 Å². The van der Waals surface area contributed by atoms with Gasteiger partial charge in [-0.1, -0.05) is 31.5 Å². The SMILES string of the molecule is CCCCc1oc2ccccc2c1C(=O)NC1CCN(Cc2cscn2)CC1. The summed E-state index contributed by atoms with van der Waals surface area (Å²) >= 11 is 1.64. The second-order valence-corrected chi connectivity index (χ2v) is 8.22. The van der Waals surface area contributed by atoms with Crippen LogP contribution in [0.2, 0.25) is 0 Å². The number of amides is 1. The lowest BCUT2D eigenvalue weighted by molar-refractivity contribution is 0.0908. The lowest BCUT2D eigenvalue weighted by atomic mass is 10.0. The summed E-state index contributed by atoms with van der Waals surface area (Å²) in [5.41, 5.74) is 4.55. The maximum atomic E-state index is 13.1. The van der Waals surface area contributed by atoms with Gasteiger partial charge in [-0.05, 0) is 25.3 Å². The summed E-state index contributed by atoms with van der Waals surface area (Å²) in [5, 5.41) is 6.30. The molecule has 0 aliphatic carbocycles. The summed E-state index contributed by atoms with van der Waals surface area (Å²) in [7, 11) is 0. The number of fused-ring (bicyclic) bond motifs is 1. The monoisotopic (exact) mass is 397 g/mol. The quantitative estimate of drug-likeness (QED) is 0.632. The minimum absolute atomic E-state index is 0.00834. The topological polar surface area (TPSA) is 58.4 Å². The van der Waals surface area contributed by atoms with E-state index in [0.29, 0.717) is 0 Å². The molecule has 0 spiro atoms. The number of carbonyl (C=O) groups excluding carboxylic acids is 1. The molecule has 3 aromatic rings. The zero-order chi connectivity index (χ0) is 19.3. The van der Waals surface area contributed by atoms with Crippen molar-refractivity contribution in [2.24, 2.45) is 0 Å². The highest BCUT2D eigenvalue weighted by molar-refractivity contribution is 7.07. The molecule has 0 radical (unpaired) electrons. The lowest BCUT2D eigenvalue weighted by Gasteiger charge is -2.31. The molecule has 0 unspecified atom stereocenters. The highest BCUT2D eigenvalue weighted by Gasteiger charge is 2.25. The number of benzene rings is 1. The third-order valence-corrected chi connectivity index (χ3v) is 6.08. The third-order valence-electron chi connectivity index (χ3n) is 5.44. The van der Waals surface area contributed by atoms with Gasteiger partial charge in [-0.25, -0.2) is 4.98 Å². The van der Waals surface area contributed by atoms with Crippen LogP contribution in [-0.2, 0) is 13.0 Å². The van der Waals surface area contributed by atoms with Crippen LogP contribution in [0.25, 0.3) is 11.0 Å². The van der Waals surface area contributed by atoms with Crippen molar-refractivity contribution in [2.75, 3.05) is 13.1 Å². The number of nitrogens with one attached hydrogen (secondary N) is 1. The smallest absolute Gasteiger partial charge is 0.255 e. The number of hydrogen-bond acceptors (Lipinski definition) is 5. The molecule has 5 nitrogen and oxygen atoms in total. The fourth-order valence-corrected chi connectivity index (χ4v) is 4.45. The van der Waals surface area contributed by atoms with Crippen LogP contribution in [0, 0.1) is 0 Å². The first-order valence-electron chi connectivity index (χ1n) is 10.1. The highest BCUT2D eigenvalue weighted by Crippen LogP contribution is 2.27. The van der Waals surface area contributed by atoms with Crippen molar-refractivity contribution in [2.45, 2.75) is 51.6 Å². The Morgan fingerprint density at radius 2 is 2.14 bits per heavy atom. The number of unbranched alkanes of at least 4 members (excludes halogenated alkanes) is 1. The minimum Gasteiger partial charge on any atom is -0.460 e. The number of carbonyl (C=O) groups is 1. The molecule has 1 fully saturated rings. The van der Waals surface area contributed by atoms with E-state index in [1.807, 2.05) is 29.8 Å². The molecule has 1 saturated heterocycles. The number of hydrogen-bond donors (Lipinski definition) is 1. The Bertz CT molecular complexity index is 911. The van der Waals surface area contributed by atoms with Gasteiger partial charge < -0.3 is 9.73 Å². The standard InChI is InChI=1S/C22H27N3O2S/c1-2-3-7-20-21(18-6-4-5-8-19(18)27-20)22(26)24-16-9-11-25(12-10-16)13-17-14-28-15-23-17/h4-6,8,14-16H,2-3,7,9-13H2,1H3,(H,24,26). The summed E-state index contributed by atoms with van der Waals surface area (Å²) in [4.78, 5) is 19.9. The molecule has 1 aliphatic heterocycles. The normalized spacial score (nSPS) is 15.9. The Morgan fingerprint density at radius 1 is 1.32 bits per heavy atom. The number of aromatic nitrogens is 1. The van der Waals surface area contributed by atoms with Crippen LogP contribution in [-0.4, -0.2) is 34.9 Å². The summed E-state index contributed by atoms with van der Waals surface area (Å²) in [6.07, 6.45) is 4.84. The molecule has 6 heteroatoms. The zero-order valence-corrected chi connectivity index (χ0v) is 17.1. The number of aryl methyl sites for hydroxylation is 1. The Morgan fingerprint density at radius 3 is 2.89 bits per heavy atom. The summed E-state index contributed by atoms with van der Waals surface area (Å²) in [5.74, 6) is 0.829. The van der Waals surface area contributed by atoms with Gasteiger partial charge in [-0.15, -0.1) is 11.3 Å². The molecular weight excluding hydrogens is 370 g/mol. The van der Waals surface area contributed by atoms with Gasteiger partial charge in [0.25, 0.3) is 5.91 Å². The van der Waals surface area contributed by atoms with Gasteiger partial charge in [0.2, 0.25) is 0 Å². The average molecular weight is 398 g/mol.